The molecule has 0 aliphatic heterocycles. The number of methoxy groups -OCH3 is 1. The van der Waals surface area contributed by atoms with Crippen molar-refractivity contribution in [3.63, 3.8) is 0 Å². The zero-order chi connectivity index (χ0) is 12.1. The summed E-state index contributed by atoms with van der Waals surface area (Å²) in [4.78, 5) is 14.9. The number of aliphatic hydroxyl groups excluding tert-OH is 2. The Bertz CT molecular complexity index is 367. The van der Waals surface area contributed by atoms with Gasteiger partial charge >= 0.3 is 5.97 Å². The fourth-order valence-corrected chi connectivity index (χ4v) is 1.36. The Labute approximate surface area is 93.7 Å². The fourth-order valence-electron chi connectivity index (χ4n) is 1.36. The van der Waals surface area contributed by atoms with Crippen molar-refractivity contribution in [3.8, 4) is 0 Å². The number of rotatable bonds is 4. The van der Waals surface area contributed by atoms with Crippen molar-refractivity contribution in [1.82, 2.24) is 4.98 Å². The standard InChI is InChI=1S/C11H15NO4/c1-7-4-3-5-12-10(7)11(15)8(13)6-9(14)16-2/h3-5,8,11,13,15H,6H2,1-2H3. The summed E-state index contributed by atoms with van der Waals surface area (Å²) >= 11 is 0. The Hall–Kier alpha value is -1.46. The molecule has 1 aromatic rings. The van der Waals surface area contributed by atoms with Gasteiger partial charge in [0.05, 0.1) is 25.3 Å². The molecule has 0 aliphatic carbocycles. The van der Waals surface area contributed by atoms with Crippen LogP contribution in [0.1, 0.15) is 23.8 Å². The smallest absolute Gasteiger partial charge is 0.308 e. The van der Waals surface area contributed by atoms with Crippen LogP contribution in [-0.2, 0) is 9.53 Å². The molecule has 1 rings (SSSR count). The van der Waals surface area contributed by atoms with E-state index in [9.17, 15) is 15.0 Å². The largest absolute Gasteiger partial charge is 0.469 e. The molecule has 0 aromatic carbocycles. The minimum atomic E-state index is -1.21. The van der Waals surface area contributed by atoms with Crippen molar-refractivity contribution in [1.29, 1.82) is 0 Å². The van der Waals surface area contributed by atoms with Crippen LogP contribution in [0.25, 0.3) is 0 Å². The number of hydrogen-bond donors (Lipinski definition) is 2. The van der Waals surface area contributed by atoms with Gasteiger partial charge in [0.2, 0.25) is 0 Å². The summed E-state index contributed by atoms with van der Waals surface area (Å²) < 4.78 is 4.41. The van der Waals surface area contributed by atoms with Crippen molar-refractivity contribution in [2.24, 2.45) is 0 Å². The third-order valence-corrected chi connectivity index (χ3v) is 2.30. The molecule has 2 N–H and O–H groups in total. The second kappa shape index (κ2) is 5.58. The van der Waals surface area contributed by atoms with Crippen molar-refractivity contribution < 1.29 is 19.7 Å². The van der Waals surface area contributed by atoms with Crippen LogP contribution in [0.5, 0.6) is 0 Å². The molecule has 0 saturated heterocycles. The first kappa shape index (κ1) is 12.6. The molecule has 0 bridgehead atoms. The van der Waals surface area contributed by atoms with Gasteiger partial charge in [-0.2, -0.15) is 0 Å². The van der Waals surface area contributed by atoms with E-state index >= 15 is 0 Å². The van der Waals surface area contributed by atoms with Crippen LogP contribution in [0.15, 0.2) is 18.3 Å². The monoisotopic (exact) mass is 225 g/mol. The number of aliphatic hydroxyl groups is 2. The SMILES string of the molecule is COC(=O)CC(O)C(O)c1ncccc1C. The van der Waals surface area contributed by atoms with Crippen LogP contribution in [0.2, 0.25) is 0 Å². The summed E-state index contributed by atoms with van der Waals surface area (Å²) in [6.45, 7) is 1.77. The summed E-state index contributed by atoms with van der Waals surface area (Å²) in [6, 6.07) is 3.51. The van der Waals surface area contributed by atoms with Crippen LogP contribution >= 0.6 is 0 Å². The molecule has 88 valence electrons. The van der Waals surface area contributed by atoms with Crippen molar-refractivity contribution in [3.05, 3.63) is 29.6 Å². The fraction of sp³-hybridized carbons (Fsp3) is 0.455. The van der Waals surface area contributed by atoms with Crippen LogP contribution < -0.4 is 0 Å². The molecular weight excluding hydrogens is 210 g/mol. The molecule has 2 atom stereocenters. The van der Waals surface area contributed by atoms with Gasteiger partial charge in [0, 0.05) is 6.20 Å². The topological polar surface area (TPSA) is 79.7 Å². The number of carbonyl (C=O) groups is 1. The number of esters is 1. The molecule has 0 amide bonds. The summed E-state index contributed by atoms with van der Waals surface area (Å²) in [7, 11) is 1.23. The molecule has 1 aromatic heterocycles. The van der Waals surface area contributed by atoms with E-state index in [0.717, 1.165) is 5.56 Å². The van der Waals surface area contributed by atoms with Crippen LogP contribution in [0.4, 0.5) is 0 Å². The maximum Gasteiger partial charge on any atom is 0.308 e. The molecule has 0 fully saturated rings. The molecule has 2 unspecified atom stereocenters. The molecule has 0 radical (unpaired) electrons. The highest BCUT2D eigenvalue weighted by Crippen LogP contribution is 2.19. The number of aryl methyl sites for hydroxylation is 1. The number of hydrogen-bond acceptors (Lipinski definition) is 5. The highest BCUT2D eigenvalue weighted by molar-refractivity contribution is 5.69. The second-order valence-electron chi connectivity index (χ2n) is 3.50. The van der Waals surface area contributed by atoms with E-state index in [2.05, 4.69) is 9.72 Å². The molecule has 1 heterocycles. The van der Waals surface area contributed by atoms with Crippen LogP contribution in [0, 0.1) is 6.92 Å². The average Bonchev–Trinajstić information content (AvgIpc) is 2.28. The maximum absolute atomic E-state index is 10.9. The lowest BCUT2D eigenvalue weighted by molar-refractivity contribution is -0.144. The third kappa shape index (κ3) is 3.01. The molecule has 0 spiro atoms. The van der Waals surface area contributed by atoms with Gasteiger partial charge in [0.15, 0.2) is 0 Å². The van der Waals surface area contributed by atoms with Crippen LogP contribution in [0.3, 0.4) is 0 Å². The first-order valence-electron chi connectivity index (χ1n) is 4.90. The first-order valence-corrected chi connectivity index (χ1v) is 4.90. The maximum atomic E-state index is 10.9. The number of nitrogens with zero attached hydrogens (tertiary/aromatic N) is 1. The van der Waals surface area contributed by atoms with Gasteiger partial charge in [-0.05, 0) is 18.6 Å². The number of carbonyl (C=O) groups excluding carboxylic acids is 1. The Balaban J connectivity index is 2.74. The summed E-state index contributed by atoms with van der Waals surface area (Å²) in [5.41, 5.74) is 1.14. The highest BCUT2D eigenvalue weighted by Gasteiger charge is 2.23. The van der Waals surface area contributed by atoms with Gasteiger partial charge in [0.1, 0.15) is 6.10 Å². The normalized spacial score (nSPS) is 14.2. The Morgan fingerprint density at radius 2 is 2.25 bits per heavy atom. The molecule has 5 heteroatoms. The van der Waals surface area contributed by atoms with Crippen LogP contribution in [-0.4, -0.2) is 34.4 Å². The highest BCUT2D eigenvalue weighted by atomic mass is 16.5. The van der Waals surface area contributed by atoms with E-state index in [4.69, 9.17) is 0 Å². The van der Waals surface area contributed by atoms with Gasteiger partial charge in [0.25, 0.3) is 0 Å². The molecule has 0 saturated carbocycles. The van der Waals surface area contributed by atoms with Gasteiger partial charge < -0.3 is 14.9 Å². The predicted octanol–water partition coefficient (Wildman–Crippen LogP) is 0.347. The second-order valence-corrected chi connectivity index (χ2v) is 3.50. The van der Waals surface area contributed by atoms with E-state index in [-0.39, 0.29) is 6.42 Å². The van der Waals surface area contributed by atoms with E-state index in [0.29, 0.717) is 5.69 Å². The third-order valence-electron chi connectivity index (χ3n) is 2.30. The Kier molecular flexibility index (Phi) is 4.39. The Morgan fingerprint density at radius 3 is 2.81 bits per heavy atom. The minimum Gasteiger partial charge on any atom is -0.469 e. The summed E-state index contributed by atoms with van der Waals surface area (Å²) in [5, 5.41) is 19.4. The first-order chi connectivity index (χ1) is 7.56. The van der Waals surface area contributed by atoms with Crippen molar-refractivity contribution >= 4 is 5.97 Å². The van der Waals surface area contributed by atoms with Gasteiger partial charge in [-0.1, -0.05) is 6.07 Å². The van der Waals surface area contributed by atoms with E-state index in [1.165, 1.54) is 13.3 Å². The van der Waals surface area contributed by atoms with E-state index < -0.39 is 18.2 Å². The lowest BCUT2D eigenvalue weighted by atomic mass is 10.0. The molecule has 16 heavy (non-hydrogen) atoms. The van der Waals surface area contributed by atoms with E-state index in [1.54, 1.807) is 19.1 Å². The summed E-state index contributed by atoms with van der Waals surface area (Å²) in [5.74, 6) is -0.569. The number of ether oxygens (including phenoxy) is 1. The summed E-state index contributed by atoms with van der Waals surface area (Å²) in [6.07, 6.45) is -1.12. The quantitative estimate of drug-likeness (QED) is 0.723. The number of aromatic nitrogens is 1. The van der Waals surface area contributed by atoms with E-state index in [1.807, 2.05) is 0 Å². The zero-order valence-corrected chi connectivity index (χ0v) is 9.25. The predicted molar refractivity (Wildman–Crippen MR) is 56.6 cm³/mol. The molecular formula is C11H15NO4. The van der Waals surface area contributed by atoms with Gasteiger partial charge in [-0.25, -0.2) is 0 Å². The number of pyridine rings is 1. The zero-order valence-electron chi connectivity index (χ0n) is 9.25. The molecule has 0 aliphatic rings. The average molecular weight is 225 g/mol. The van der Waals surface area contributed by atoms with Gasteiger partial charge in [-0.15, -0.1) is 0 Å². The lowest BCUT2D eigenvalue weighted by Gasteiger charge is -2.17. The molecule has 5 nitrogen and oxygen atoms in total. The van der Waals surface area contributed by atoms with Crippen molar-refractivity contribution in [2.45, 2.75) is 25.6 Å². The van der Waals surface area contributed by atoms with Gasteiger partial charge in [-0.3, -0.25) is 9.78 Å². The lowest BCUT2D eigenvalue weighted by Crippen LogP contribution is -2.23. The minimum absolute atomic E-state index is 0.256. The van der Waals surface area contributed by atoms with Crippen molar-refractivity contribution in [2.75, 3.05) is 7.11 Å². The Morgan fingerprint density at radius 1 is 1.56 bits per heavy atom.